The Hall–Kier alpha value is -0.840. The molecule has 1 aromatic heterocycles. The first kappa shape index (κ1) is 11.3. The lowest BCUT2D eigenvalue weighted by Crippen LogP contribution is -2.49. The predicted octanol–water partition coefficient (Wildman–Crippen LogP) is 1.02. The van der Waals surface area contributed by atoms with Crippen molar-refractivity contribution in [1.29, 1.82) is 0 Å². The van der Waals surface area contributed by atoms with Crippen molar-refractivity contribution in [2.75, 3.05) is 26.2 Å². The average Bonchev–Trinajstić information content (AvgIpc) is 2.96. The molecule has 0 saturated carbocycles. The summed E-state index contributed by atoms with van der Waals surface area (Å²) in [6.07, 6.45) is 4.51. The van der Waals surface area contributed by atoms with Gasteiger partial charge in [0, 0.05) is 37.8 Å². The molecular weight excluding hydrogens is 214 g/mol. The van der Waals surface area contributed by atoms with E-state index < -0.39 is 0 Å². The van der Waals surface area contributed by atoms with Crippen LogP contribution in [0.3, 0.4) is 0 Å². The van der Waals surface area contributed by atoms with Gasteiger partial charge in [-0.25, -0.2) is 0 Å². The third-order valence-electron chi connectivity index (χ3n) is 3.99. The van der Waals surface area contributed by atoms with Gasteiger partial charge in [-0.1, -0.05) is 0 Å². The molecule has 1 unspecified atom stereocenters. The van der Waals surface area contributed by atoms with E-state index in [9.17, 15) is 0 Å². The van der Waals surface area contributed by atoms with E-state index in [4.69, 9.17) is 10.2 Å². The Morgan fingerprint density at radius 2 is 2.29 bits per heavy atom. The van der Waals surface area contributed by atoms with Crippen LogP contribution in [0.1, 0.15) is 24.2 Å². The second-order valence-electron chi connectivity index (χ2n) is 5.19. The highest BCUT2D eigenvalue weighted by atomic mass is 16.3. The van der Waals surface area contributed by atoms with Gasteiger partial charge >= 0.3 is 0 Å². The summed E-state index contributed by atoms with van der Waals surface area (Å²) in [5.74, 6) is 1.05. The first-order chi connectivity index (χ1) is 8.35. The van der Waals surface area contributed by atoms with Crippen LogP contribution >= 0.6 is 0 Å². The molecule has 3 rings (SSSR count). The van der Waals surface area contributed by atoms with Crippen molar-refractivity contribution in [3.8, 4) is 0 Å². The molecule has 0 radical (unpaired) electrons. The molecule has 2 aliphatic rings. The van der Waals surface area contributed by atoms with Crippen LogP contribution in [0.25, 0.3) is 0 Å². The summed E-state index contributed by atoms with van der Waals surface area (Å²) in [4.78, 5) is 5.13. The van der Waals surface area contributed by atoms with Gasteiger partial charge in [-0.3, -0.25) is 9.80 Å². The molecule has 3 heterocycles. The molecule has 0 amide bonds. The summed E-state index contributed by atoms with van der Waals surface area (Å²) in [5, 5.41) is 0. The Morgan fingerprint density at radius 1 is 1.35 bits per heavy atom. The maximum Gasteiger partial charge on any atom is 0.118 e. The van der Waals surface area contributed by atoms with E-state index >= 15 is 0 Å². The standard InChI is InChI=1S/C13H21N3O/c14-7-11-6-13(17-10-11)9-15-4-5-16-3-1-2-12(16)8-15/h6,10,12H,1-5,7-9,14H2. The number of furan rings is 1. The number of nitrogens with two attached hydrogens (primary N) is 1. The quantitative estimate of drug-likeness (QED) is 0.849. The second-order valence-corrected chi connectivity index (χ2v) is 5.19. The number of nitrogens with zero attached hydrogens (tertiary/aromatic N) is 2. The van der Waals surface area contributed by atoms with Gasteiger partial charge in [0.1, 0.15) is 5.76 Å². The average molecular weight is 235 g/mol. The number of piperazine rings is 1. The van der Waals surface area contributed by atoms with E-state index in [1.165, 1.54) is 32.5 Å². The Balaban J connectivity index is 1.58. The molecule has 1 atom stereocenters. The first-order valence-electron chi connectivity index (χ1n) is 6.58. The minimum absolute atomic E-state index is 0.569. The van der Waals surface area contributed by atoms with E-state index in [1.54, 1.807) is 6.26 Å². The van der Waals surface area contributed by atoms with Crippen LogP contribution in [0.15, 0.2) is 16.7 Å². The second kappa shape index (κ2) is 4.80. The number of hydrogen-bond acceptors (Lipinski definition) is 4. The molecule has 1 aromatic rings. The normalized spacial score (nSPS) is 26.3. The van der Waals surface area contributed by atoms with Crippen molar-refractivity contribution >= 4 is 0 Å². The maximum absolute atomic E-state index is 5.59. The molecule has 4 heteroatoms. The van der Waals surface area contributed by atoms with Crippen molar-refractivity contribution in [2.45, 2.75) is 32.0 Å². The van der Waals surface area contributed by atoms with E-state index in [2.05, 4.69) is 15.9 Å². The fraction of sp³-hybridized carbons (Fsp3) is 0.692. The first-order valence-corrected chi connectivity index (χ1v) is 6.58. The number of fused-ring (bicyclic) bond motifs is 1. The molecule has 4 nitrogen and oxygen atoms in total. The fourth-order valence-electron chi connectivity index (χ4n) is 3.04. The van der Waals surface area contributed by atoms with Crippen LogP contribution < -0.4 is 5.73 Å². The van der Waals surface area contributed by atoms with Crippen molar-refractivity contribution in [2.24, 2.45) is 5.73 Å². The van der Waals surface area contributed by atoms with E-state index in [-0.39, 0.29) is 0 Å². The maximum atomic E-state index is 5.59. The highest BCUT2D eigenvalue weighted by molar-refractivity contribution is 5.12. The Bertz CT molecular complexity index is 376. The number of rotatable bonds is 3. The lowest BCUT2D eigenvalue weighted by atomic mass is 10.1. The Kier molecular flexibility index (Phi) is 3.18. The molecular formula is C13H21N3O. The molecule has 0 spiro atoms. The van der Waals surface area contributed by atoms with Gasteiger partial charge in [0.25, 0.3) is 0 Å². The third kappa shape index (κ3) is 2.39. The monoisotopic (exact) mass is 235 g/mol. The summed E-state index contributed by atoms with van der Waals surface area (Å²) >= 11 is 0. The fourth-order valence-corrected chi connectivity index (χ4v) is 3.04. The Labute approximate surface area is 102 Å². The van der Waals surface area contributed by atoms with Gasteiger partial charge in [-0.2, -0.15) is 0 Å². The van der Waals surface area contributed by atoms with Crippen LogP contribution in [0.5, 0.6) is 0 Å². The van der Waals surface area contributed by atoms with Crippen molar-refractivity contribution < 1.29 is 4.42 Å². The van der Waals surface area contributed by atoms with Crippen LogP contribution in [-0.4, -0.2) is 42.0 Å². The molecule has 2 aliphatic heterocycles. The predicted molar refractivity (Wildman–Crippen MR) is 66.5 cm³/mol. The van der Waals surface area contributed by atoms with Gasteiger partial charge < -0.3 is 10.2 Å². The summed E-state index contributed by atoms with van der Waals surface area (Å²) < 4.78 is 5.53. The Morgan fingerprint density at radius 3 is 3.12 bits per heavy atom. The molecule has 0 aliphatic carbocycles. The molecule has 94 valence electrons. The largest absolute Gasteiger partial charge is 0.468 e. The topological polar surface area (TPSA) is 45.6 Å². The van der Waals surface area contributed by atoms with Gasteiger partial charge in [0.2, 0.25) is 0 Å². The summed E-state index contributed by atoms with van der Waals surface area (Å²) in [6.45, 7) is 6.38. The molecule has 2 N–H and O–H groups in total. The lowest BCUT2D eigenvalue weighted by Gasteiger charge is -2.37. The van der Waals surface area contributed by atoms with Gasteiger partial charge in [0.05, 0.1) is 12.8 Å². The van der Waals surface area contributed by atoms with E-state index in [0.29, 0.717) is 6.54 Å². The van der Waals surface area contributed by atoms with E-state index in [0.717, 1.165) is 30.5 Å². The van der Waals surface area contributed by atoms with Crippen molar-refractivity contribution in [3.63, 3.8) is 0 Å². The van der Waals surface area contributed by atoms with Crippen LogP contribution in [0.2, 0.25) is 0 Å². The molecule has 0 bridgehead atoms. The highest BCUT2D eigenvalue weighted by Gasteiger charge is 2.30. The zero-order valence-electron chi connectivity index (χ0n) is 10.3. The summed E-state index contributed by atoms with van der Waals surface area (Å²) in [5.41, 5.74) is 6.68. The molecule has 2 saturated heterocycles. The third-order valence-corrected chi connectivity index (χ3v) is 3.99. The molecule has 0 aromatic carbocycles. The molecule has 17 heavy (non-hydrogen) atoms. The zero-order valence-corrected chi connectivity index (χ0v) is 10.3. The van der Waals surface area contributed by atoms with Crippen LogP contribution in [0.4, 0.5) is 0 Å². The summed E-state index contributed by atoms with van der Waals surface area (Å²) in [6, 6.07) is 2.87. The smallest absolute Gasteiger partial charge is 0.118 e. The summed E-state index contributed by atoms with van der Waals surface area (Å²) in [7, 11) is 0. The molecule has 2 fully saturated rings. The number of hydrogen-bond donors (Lipinski definition) is 1. The zero-order chi connectivity index (χ0) is 11.7. The van der Waals surface area contributed by atoms with Gasteiger partial charge in [0.15, 0.2) is 0 Å². The SMILES string of the molecule is NCc1coc(CN2CCN3CCCC3C2)c1. The minimum Gasteiger partial charge on any atom is -0.468 e. The van der Waals surface area contributed by atoms with E-state index in [1.807, 2.05) is 0 Å². The van der Waals surface area contributed by atoms with Crippen molar-refractivity contribution in [3.05, 3.63) is 23.7 Å². The van der Waals surface area contributed by atoms with Gasteiger partial charge in [-0.05, 0) is 25.5 Å². The minimum atomic E-state index is 0.569. The van der Waals surface area contributed by atoms with Crippen molar-refractivity contribution in [1.82, 2.24) is 9.80 Å². The van der Waals surface area contributed by atoms with Crippen LogP contribution in [-0.2, 0) is 13.1 Å². The van der Waals surface area contributed by atoms with Crippen LogP contribution in [0, 0.1) is 0 Å². The highest BCUT2D eigenvalue weighted by Crippen LogP contribution is 2.22. The van der Waals surface area contributed by atoms with Gasteiger partial charge in [-0.15, -0.1) is 0 Å². The lowest BCUT2D eigenvalue weighted by molar-refractivity contribution is 0.0941.